The number of hydrogen-bond donors (Lipinski definition) is 0. The first kappa shape index (κ1) is 46.4. The van der Waals surface area contributed by atoms with Crippen molar-refractivity contribution in [3.05, 3.63) is 131 Å². The van der Waals surface area contributed by atoms with E-state index in [0.717, 1.165) is 80.8 Å². The lowest BCUT2D eigenvalue weighted by Gasteiger charge is -2.23. The summed E-state index contributed by atoms with van der Waals surface area (Å²) >= 11 is 0. The fraction of sp³-hybridized carbons (Fsp3) is 0.444. The van der Waals surface area contributed by atoms with E-state index in [1.807, 2.05) is 12.1 Å². The molecule has 8 rings (SSSR count). The number of benzene rings is 4. The minimum atomic E-state index is 0.315. The summed E-state index contributed by atoms with van der Waals surface area (Å²) in [6.45, 7) is 15.3. The first-order chi connectivity index (χ1) is 31.4. The summed E-state index contributed by atoms with van der Waals surface area (Å²) in [6.07, 6.45) is 11.6. The van der Waals surface area contributed by atoms with Crippen LogP contribution in [0.4, 0.5) is 0 Å². The van der Waals surface area contributed by atoms with Crippen molar-refractivity contribution in [1.29, 1.82) is 0 Å². The second-order valence-corrected chi connectivity index (χ2v) is 17.2. The minimum Gasteiger partial charge on any atom is -0.454 e. The summed E-state index contributed by atoms with van der Waals surface area (Å²) in [5.74, 6) is 3.39. The van der Waals surface area contributed by atoms with Gasteiger partial charge in [0.15, 0.2) is 23.0 Å². The number of ether oxygens (including phenoxy) is 4. The molecule has 4 aromatic carbocycles. The maximum absolute atomic E-state index is 5.60. The highest BCUT2D eigenvalue weighted by Gasteiger charge is 2.23. The predicted molar refractivity (Wildman–Crippen MR) is 258 cm³/mol. The van der Waals surface area contributed by atoms with Crippen molar-refractivity contribution < 1.29 is 18.9 Å². The molecule has 10 heteroatoms. The maximum atomic E-state index is 5.60. The summed E-state index contributed by atoms with van der Waals surface area (Å²) in [6, 6.07) is 33.9. The van der Waals surface area contributed by atoms with Gasteiger partial charge >= 0.3 is 0 Å². The average Bonchev–Trinajstić information content (AvgIpc) is 4.12. The SMILES string of the molecule is CCCCc1c(-c2ccccc2)nn(C)c1CN(CCCC)Cc1ccc2c(c1)OCO2.CCCCc1c(CN(CCCC)Cc2ccc3c(c2)OCO3)nn(C)c1-c1ccccc1. The van der Waals surface area contributed by atoms with Crippen LogP contribution in [-0.2, 0) is 53.1 Å². The molecule has 340 valence electrons. The van der Waals surface area contributed by atoms with Crippen molar-refractivity contribution in [1.82, 2.24) is 29.4 Å². The molecule has 0 saturated carbocycles. The Hall–Kier alpha value is -5.58. The highest BCUT2D eigenvalue weighted by atomic mass is 16.7. The van der Waals surface area contributed by atoms with Crippen LogP contribution >= 0.6 is 0 Å². The molecular formula is C54H70N6O4. The molecule has 0 spiro atoms. The second kappa shape index (κ2) is 23.4. The van der Waals surface area contributed by atoms with Gasteiger partial charge in [-0.15, -0.1) is 0 Å². The molecule has 0 atom stereocenters. The van der Waals surface area contributed by atoms with E-state index < -0.39 is 0 Å². The fourth-order valence-electron chi connectivity index (χ4n) is 8.78. The van der Waals surface area contributed by atoms with Crippen LogP contribution in [-0.4, -0.2) is 56.0 Å². The lowest BCUT2D eigenvalue weighted by Crippen LogP contribution is -2.26. The van der Waals surface area contributed by atoms with Crippen molar-refractivity contribution in [3.8, 4) is 45.5 Å². The van der Waals surface area contributed by atoms with Gasteiger partial charge in [0.1, 0.15) is 0 Å². The van der Waals surface area contributed by atoms with Crippen molar-refractivity contribution in [2.75, 3.05) is 26.7 Å². The number of hydrogen-bond acceptors (Lipinski definition) is 8. The standard InChI is InChI=1S/2C27H35N3O2/c1-4-6-13-23-24(29(3)28-27(23)22-11-9-8-10-12-22)19-30(16-7-5-2)18-21-14-15-25-26(17-21)32-20-31-25;1-4-6-13-23-24(28-29(3)27(23)22-11-9-8-10-12-22)19-30(16-7-5-2)18-21-14-15-25-26(17-21)32-20-31-25/h2*8-12,14-15,17H,4-7,13,16,18-20H2,1-3H3. The Morgan fingerprint density at radius 2 is 1.00 bits per heavy atom. The van der Waals surface area contributed by atoms with Crippen LogP contribution in [0.25, 0.3) is 22.5 Å². The molecule has 0 aliphatic carbocycles. The number of unbranched alkanes of at least 4 members (excludes halogenated alkanes) is 4. The number of fused-ring (bicyclic) bond motifs is 2. The number of aryl methyl sites for hydroxylation is 2. The fourth-order valence-corrected chi connectivity index (χ4v) is 8.78. The van der Waals surface area contributed by atoms with E-state index in [2.05, 4.69) is 146 Å². The van der Waals surface area contributed by atoms with E-state index in [1.165, 1.54) is 102 Å². The van der Waals surface area contributed by atoms with Gasteiger partial charge in [0.05, 0.1) is 22.8 Å². The molecule has 0 saturated heterocycles. The van der Waals surface area contributed by atoms with Crippen LogP contribution in [0.15, 0.2) is 97.1 Å². The largest absolute Gasteiger partial charge is 0.454 e. The van der Waals surface area contributed by atoms with Crippen LogP contribution in [0.5, 0.6) is 23.0 Å². The zero-order valence-corrected chi connectivity index (χ0v) is 39.3. The van der Waals surface area contributed by atoms with E-state index in [0.29, 0.717) is 13.6 Å². The molecule has 4 heterocycles. The zero-order chi connectivity index (χ0) is 44.7. The molecule has 10 nitrogen and oxygen atoms in total. The lowest BCUT2D eigenvalue weighted by molar-refractivity contribution is 0.173. The molecule has 0 unspecified atom stereocenters. The third-order valence-corrected chi connectivity index (χ3v) is 12.2. The van der Waals surface area contributed by atoms with Gasteiger partial charge in [-0.3, -0.25) is 19.2 Å². The molecule has 2 aliphatic heterocycles. The number of nitrogens with zero attached hydrogens (tertiary/aromatic N) is 6. The van der Waals surface area contributed by atoms with E-state index in [-0.39, 0.29) is 0 Å². The quantitative estimate of drug-likeness (QED) is 0.0668. The predicted octanol–water partition coefficient (Wildman–Crippen LogP) is 11.9. The monoisotopic (exact) mass is 867 g/mol. The summed E-state index contributed by atoms with van der Waals surface area (Å²) in [5, 5.41) is 9.99. The Kier molecular flexibility index (Phi) is 17.0. The molecule has 0 fully saturated rings. The van der Waals surface area contributed by atoms with Gasteiger partial charge in [-0.1, -0.05) is 126 Å². The third-order valence-electron chi connectivity index (χ3n) is 12.2. The highest BCUT2D eigenvalue weighted by Crippen LogP contribution is 2.35. The van der Waals surface area contributed by atoms with Gasteiger partial charge in [-0.2, -0.15) is 10.2 Å². The van der Waals surface area contributed by atoms with Crippen molar-refractivity contribution >= 4 is 0 Å². The lowest BCUT2D eigenvalue weighted by atomic mass is 10.0. The maximum Gasteiger partial charge on any atom is 0.231 e. The van der Waals surface area contributed by atoms with Gasteiger partial charge in [0.25, 0.3) is 0 Å². The molecule has 2 aliphatic rings. The first-order valence-electron chi connectivity index (χ1n) is 23.8. The summed E-state index contributed by atoms with van der Waals surface area (Å²) in [4.78, 5) is 5.07. The van der Waals surface area contributed by atoms with Crippen LogP contribution in [0, 0.1) is 0 Å². The molecule has 0 N–H and O–H groups in total. The van der Waals surface area contributed by atoms with Crippen LogP contribution in [0.1, 0.15) is 113 Å². The molecule has 6 aromatic rings. The summed E-state index contributed by atoms with van der Waals surface area (Å²) < 4.78 is 26.3. The van der Waals surface area contributed by atoms with E-state index in [4.69, 9.17) is 29.1 Å². The Bertz CT molecular complexity index is 2350. The van der Waals surface area contributed by atoms with Crippen molar-refractivity contribution in [2.45, 2.75) is 118 Å². The molecule has 64 heavy (non-hydrogen) atoms. The van der Waals surface area contributed by atoms with Crippen LogP contribution < -0.4 is 18.9 Å². The number of rotatable bonds is 22. The molecular weight excluding hydrogens is 797 g/mol. The third kappa shape index (κ3) is 12.0. The van der Waals surface area contributed by atoms with Crippen LogP contribution in [0.3, 0.4) is 0 Å². The van der Waals surface area contributed by atoms with Gasteiger partial charge in [-0.05, 0) is 87.0 Å². The Morgan fingerprint density at radius 3 is 1.55 bits per heavy atom. The van der Waals surface area contributed by atoms with Crippen LogP contribution in [0.2, 0.25) is 0 Å². The topological polar surface area (TPSA) is 79.0 Å². The molecule has 0 radical (unpaired) electrons. The van der Waals surface area contributed by atoms with Gasteiger partial charge < -0.3 is 18.9 Å². The zero-order valence-electron chi connectivity index (χ0n) is 39.3. The first-order valence-corrected chi connectivity index (χ1v) is 23.8. The summed E-state index contributed by atoms with van der Waals surface area (Å²) in [7, 11) is 4.17. The molecule has 0 amide bonds. The van der Waals surface area contributed by atoms with Gasteiger partial charge in [0.2, 0.25) is 13.6 Å². The van der Waals surface area contributed by atoms with E-state index in [9.17, 15) is 0 Å². The molecule has 0 bridgehead atoms. The Morgan fingerprint density at radius 1 is 0.500 bits per heavy atom. The Balaban J connectivity index is 0.000000191. The van der Waals surface area contributed by atoms with Gasteiger partial charge in [0, 0.05) is 62.5 Å². The highest BCUT2D eigenvalue weighted by molar-refractivity contribution is 5.65. The van der Waals surface area contributed by atoms with Crippen molar-refractivity contribution in [2.24, 2.45) is 14.1 Å². The van der Waals surface area contributed by atoms with Crippen molar-refractivity contribution in [3.63, 3.8) is 0 Å². The summed E-state index contributed by atoms with van der Waals surface area (Å²) in [5.41, 5.74) is 12.7. The Labute approximate surface area is 382 Å². The second-order valence-electron chi connectivity index (χ2n) is 17.2. The number of aromatic nitrogens is 4. The average molecular weight is 867 g/mol. The minimum absolute atomic E-state index is 0.315. The van der Waals surface area contributed by atoms with E-state index >= 15 is 0 Å². The van der Waals surface area contributed by atoms with E-state index in [1.54, 1.807) is 0 Å². The molecule has 2 aromatic heterocycles. The smallest absolute Gasteiger partial charge is 0.231 e. The normalized spacial score (nSPS) is 12.6. The van der Waals surface area contributed by atoms with Gasteiger partial charge in [-0.25, -0.2) is 0 Å².